The Labute approximate surface area is 145 Å². The summed E-state index contributed by atoms with van der Waals surface area (Å²) in [4.78, 5) is 12.4. The third-order valence-electron chi connectivity index (χ3n) is 3.87. The average molecular weight is 330 g/mol. The van der Waals surface area contributed by atoms with E-state index in [9.17, 15) is 14.4 Å². The molecule has 0 fully saturated rings. The Morgan fingerprint density at radius 1 is 0.880 bits per heavy atom. The molecule has 0 radical (unpaired) electrons. The molecule has 0 bridgehead atoms. The summed E-state index contributed by atoms with van der Waals surface area (Å²) in [6, 6.07) is 23.7. The number of nitrogens with one attached hydrogen (secondary N) is 1. The summed E-state index contributed by atoms with van der Waals surface area (Å²) in [7, 11) is 0. The highest BCUT2D eigenvalue weighted by atomic mass is 19.1. The Morgan fingerprint density at radius 2 is 1.48 bits per heavy atom. The molecular formula is C21H15FN2O. The number of nitriles is 1. The topological polar surface area (TPSA) is 52.9 Å². The molecule has 1 atom stereocenters. The summed E-state index contributed by atoms with van der Waals surface area (Å²) in [6.45, 7) is 0. The van der Waals surface area contributed by atoms with Crippen LogP contribution >= 0.6 is 0 Å². The van der Waals surface area contributed by atoms with Gasteiger partial charge in [-0.25, -0.2) is 4.39 Å². The monoisotopic (exact) mass is 330 g/mol. The third kappa shape index (κ3) is 3.73. The molecule has 1 amide bonds. The van der Waals surface area contributed by atoms with Crippen molar-refractivity contribution in [3.05, 3.63) is 95.8 Å². The standard InChI is InChI=1S/C21H15FN2O/c22-19-9-5-4-8-18(19)20(14-23)24-21(25)17-12-10-16(11-13-17)15-6-2-1-3-7-15/h1-13,20H,(H,24,25). The molecule has 0 aliphatic heterocycles. The number of benzene rings is 3. The molecule has 0 aliphatic carbocycles. The number of carbonyl (C=O) groups is 1. The zero-order valence-corrected chi connectivity index (χ0v) is 13.3. The van der Waals surface area contributed by atoms with Crippen LogP contribution in [0.2, 0.25) is 0 Å². The van der Waals surface area contributed by atoms with E-state index in [1.807, 2.05) is 48.5 Å². The molecule has 3 rings (SSSR count). The van der Waals surface area contributed by atoms with Gasteiger partial charge >= 0.3 is 0 Å². The van der Waals surface area contributed by atoms with Crippen LogP contribution in [0.1, 0.15) is 22.0 Å². The van der Waals surface area contributed by atoms with Gasteiger partial charge in [-0.2, -0.15) is 5.26 Å². The van der Waals surface area contributed by atoms with Crippen LogP contribution in [-0.2, 0) is 0 Å². The van der Waals surface area contributed by atoms with Gasteiger partial charge in [0.05, 0.1) is 6.07 Å². The summed E-state index contributed by atoms with van der Waals surface area (Å²) in [5.74, 6) is -0.941. The first-order valence-corrected chi connectivity index (χ1v) is 7.79. The van der Waals surface area contributed by atoms with Crippen molar-refractivity contribution in [2.75, 3.05) is 0 Å². The molecule has 25 heavy (non-hydrogen) atoms. The van der Waals surface area contributed by atoms with Gasteiger partial charge in [-0.15, -0.1) is 0 Å². The highest BCUT2D eigenvalue weighted by Crippen LogP contribution is 2.20. The van der Waals surface area contributed by atoms with Gasteiger partial charge in [0.25, 0.3) is 5.91 Å². The number of hydrogen-bond acceptors (Lipinski definition) is 2. The number of rotatable bonds is 4. The molecule has 3 aromatic carbocycles. The molecule has 0 spiro atoms. The molecule has 0 saturated carbocycles. The van der Waals surface area contributed by atoms with Crippen molar-refractivity contribution in [1.29, 1.82) is 5.26 Å². The minimum atomic E-state index is -1.04. The SMILES string of the molecule is N#CC(NC(=O)c1ccc(-c2ccccc2)cc1)c1ccccc1F. The summed E-state index contributed by atoms with van der Waals surface area (Å²) < 4.78 is 13.8. The number of amides is 1. The number of halogens is 1. The van der Waals surface area contributed by atoms with Crippen molar-refractivity contribution in [3.8, 4) is 17.2 Å². The van der Waals surface area contributed by atoms with E-state index in [0.29, 0.717) is 5.56 Å². The second kappa shape index (κ2) is 7.41. The molecule has 1 N–H and O–H groups in total. The highest BCUT2D eigenvalue weighted by Gasteiger charge is 2.18. The molecule has 0 heterocycles. The fraction of sp³-hybridized carbons (Fsp3) is 0.0476. The number of carbonyl (C=O) groups excluding carboxylic acids is 1. The average Bonchev–Trinajstić information content (AvgIpc) is 2.67. The normalized spacial score (nSPS) is 11.4. The maximum absolute atomic E-state index is 13.8. The van der Waals surface area contributed by atoms with Crippen molar-refractivity contribution < 1.29 is 9.18 Å². The molecule has 3 nitrogen and oxygen atoms in total. The van der Waals surface area contributed by atoms with Crippen LogP contribution in [0.5, 0.6) is 0 Å². The molecule has 1 unspecified atom stereocenters. The van der Waals surface area contributed by atoms with E-state index in [4.69, 9.17) is 0 Å². The highest BCUT2D eigenvalue weighted by molar-refractivity contribution is 5.95. The first-order chi connectivity index (χ1) is 12.2. The summed E-state index contributed by atoms with van der Waals surface area (Å²) >= 11 is 0. The largest absolute Gasteiger partial charge is 0.332 e. The predicted octanol–water partition coefficient (Wildman–Crippen LogP) is 4.49. The van der Waals surface area contributed by atoms with Gasteiger partial charge in [0.15, 0.2) is 0 Å². The first-order valence-electron chi connectivity index (χ1n) is 7.79. The van der Waals surface area contributed by atoms with E-state index in [1.165, 1.54) is 18.2 Å². The van der Waals surface area contributed by atoms with Crippen LogP contribution in [-0.4, -0.2) is 5.91 Å². The summed E-state index contributed by atoms with van der Waals surface area (Å²) in [6.07, 6.45) is 0. The minimum absolute atomic E-state index is 0.152. The summed E-state index contributed by atoms with van der Waals surface area (Å²) in [5, 5.41) is 11.8. The predicted molar refractivity (Wildman–Crippen MR) is 94.1 cm³/mol. The van der Waals surface area contributed by atoms with Crippen LogP contribution in [0, 0.1) is 17.1 Å². The molecule has 122 valence electrons. The van der Waals surface area contributed by atoms with Gasteiger partial charge in [0, 0.05) is 11.1 Å². The van der Waals surface area contributed by atoms with Crippen molar-refractivity contribution in [2.24, 2.45) is 0 Å². The zero-order valence-electron chi connectivity index (χ0n) is 13.3. The van der Waals surface area contributed by atoms with Crippen LogP contribution in [0.15, 0.2) is 78.9 Å². The van der Waals surface area contributed by atoms with Gasteiger partial charge in [-0.3, -0.25) is 4.79 Å². The Balaban J connectivity index is 1.77. The van der Waals surface area contributed by atoms with Gasteiger partial charge in [0.2, 0.25) is 0 Å². The maximum atomic E-state index is 13.8. The van der Waals surface area contributed by atoms with E-state index < -0.39 is 17.8 Å². The van der Waals surface area contributed by atoms with Gasteiger partial charge in [0.1, 0.15) is 11.9 Å². The van der Waals surface area contributed by atoms with E-state index in [1.54, 1.807) is 18.2 Å². The quantitative estimate of drug-likeness (QED) is 0.766. The van der Waals surface area contributed by atoms with Crippen LogP contribution in [0.4, 0.5) is 4.39 Å². The lowest BCUT2D eigenvalue weighted by Gasteiger charge is -2.13. The van der Waals surface area contributed by atoms with Gasteiger partial charge in [-0.1, -0.05) is 60.7 Å². The van der Waals surface area contributed by atoms with Crippen LogP contribution < -0.4 is 5.32 Å². The van der Waals surface area contributed by atoms with Crippen LogP contribution in [0.25, 0.3) is 11.1 Å². The van der Waals surface area contributed by atoms with Gasteiger partial charge < -0.3 is 5.32 Å². The molecule has 0 aliphatic rings. The zero-order chi connectivity index (χ0) is 17.6. The van der Waals surface area contributed by atoms with Crippen molar-refractivity contribution in [3.63, 3.8) is 0 Å². The molecule has 0 aromatic heterocycles. The second-order valence-electron chi connectivity index (χ2n) is 5.50. The Morgan fingerprint density at radius 3 is 2.12 bits per heavy atom. The second-order valence-corrected chi connectivity index (χ2v) is 5.50. The molecule has 3 aromatic rings. The van der Waals surface area contributed by atoms with Crippen molar-refractivity contribution >= 4 is 5.91 Å². The lowest BCUT2D eigenvalue weighted by atomic mass is 10.0. The van der Waals surface area contributed by atoms with Crippen molar-refractivity contribution in [2.45, 2.75) is 6.04 Å². The molecule has 0 saturated heterocycles. The first kappa shape index (κ1) is 16.4. The van der Waals surface area contributed by atoms with E-state index in [-0.39, 0.29) is 5.56 Å². The Hall–Kier alpha value is -3.45. The minimum Gasteiger partial charge on any atom is -0.332 e. The van der Waals surface area contributed by atoms with Crippen LogP contribution in [0.3, 0.4) is 0 Å². The van der Waals surface area contributed by atoms with Crippen molar-refractivity contribution in [1.82, 2.24) is 5.32 Å². The fourth-order valence-corrected chi connectivity index (χ4v) is 2.55. The fourth-order valence-electron chi connectivity index (χ4n) is 2.55. The maximum Gasteiger partial charge on any atom is 0.252 e. The molecule has 4 heteroatoms. The number of nitrogens with zero attached hydrogens (tertiary/aromatic N) is 1. The van der Waals surface area contributed by atoms with Gasteiger partial charge in [-0.05, 0) is 29.3 Å². The Kier molecular flexibility index (Phi) is 4.87. The Bertz CT molecular complexity index is 915. The molecular weight excluding hydrogens is 315 g/mol. The smallest absolute Gasteiger partial charge is 0.252 e. The number of hydrogen-bond donors (Lipinski definition) is 1. The lowest BCUT2D eigenvalue weighted by molar-refractivity contribution is 0.0945. The van der Waals surface area contributed by atoms with E-state index in [2.05, 4.69) is 5.32 Å². The lowest BCUT2D eigenvalue weighted by Crippen LogP contribution is -2.28. The summed E-state index contributed by atoms with van der Waals surface area (Å²) in [5.41, 5.74) is 2.61. The van der Waals surface area contributed by atoms with E-state index >= 15 is 0 Å². The van der Waals surface area contributed by atoms with E-state index in [0.717, 1.165) is 11.1 Å². The third-order valence-corrected chi connectivity index (χ3v) is 3.87.